The van der Waals surface area contributed by atoms with E-state index in [-0.39, 0.29) is 23.8 Å². The third kappa shape index (κ3) is 4.54. The Balaban J connectivity index is 1.46. The third-order valence-corrected chi connectivity index (χ3v) is 6.87. The number of imidazole rings is 1. The first-order valence-corrected chi connectivity index (χ1v) is 12.5. The highest BCUT2D eigenvalue weighted by Gasteiger charge is 2.44. The second-order valence-corrected chi connectivity index (χ2v) is 9.27. The van der Waals surface area contributed by atoms with Gasteiger partial charge in [0.05, 0.1) is 20.0 Å². The van der Waals surface area contributed by atoms with Crippen LogP contribution in [0, 0.1) is 5.82 Å². The zero-order valence-electron chi connectivity index (χ0n) is 21.3. The van der Waals surface area contributed by atoms with Crippen LogP contribution in [0.15, 0.2) is 61.1 Å². The van der Waals surface area contributed by atoms with Gasteiger partial charge in [0, 0.05) is 23.9 Å². The molecule has 0 saturated carbocycles. The molecule has 40 heavy (non-hydrogen) atoms. The number of nitrogens with zero attached hydrogens (tertiary/aromatic N) is 5. The minimum atomic E-state index is -1.34. The number of aliphatic hydroxyl groups excluding tert-OH is 3. The Morgan fingerprint density at radius 2 is 1.90 bits per heavy atom. The maximum absolute atomic E-state index is 14.4. The van der Waals surface area contributed by atoms with Crippen LogP contribution in [-0.2, 0) is 11.3 Å². The molecule has 4 atom stereocenters. The van der Waals surface area contributed by atoms with Crippen LogP contribution in [0.2, 0.25) is 0 Å². The van der Waals surface area contributed by atoms with Gasteiger partial charge in [-0.1, -0.05) is 30.3 Å². The molecule has 1 saturated heterocycles. The number of hydrogen-bond acceptors (Lipinski definition) is 10. The van der Waals surface area contributed by atoms with Gasteiger partial charge in [-0.05, 0) is 23.8 Å². The fourth-order valence-corrected chi connectivity index (χ4v) is 4.71. The van der Waals surface area contributed by atoms with Gasteiger partial charge in [0.1, 0.15) is 35.6 Å². The number of halogens is 1. The van der Waals surface area contributed by atoms with Crippen LogP contribution in [0.3, 0.4) is 0 Å². The van der Waals surface area contributed by atoms with Crippen molar-refractivity contribution in [2.75, 3.05) is 19.0 Å². The Hall–Kier alpha value is -4.43. The number of H-pyrrole nitrogens is 1. The zero-order valence-corrected chi connectivity index (χ0v) is 21.3. The van der Waals surface area contributed by atoms with Gasteiger partial charge >= 0.3 is 0 Å². The number of methoxy groups -OCH3 is 1. The third-order valence-electron chi connectivity index (χ3n) is 6.87. The summed E-state index contributed by atoms with van der Waals surface area (Å²) in [6.07, 6.45) is -1.57. The highest BCUT2D eigenvalue weighted by molar-refractivity contribution is 5.87. The number of rotatable bonds is 8. The number of aromatic nitrogens is 6. The predicted molar refractivity (Wildman–Crippen MR) is 142 cm³/mol. The molecule has 0 spiro atoms. The highest BCUT2D eigenvalue weighted by Crippen LogP contribution is 2.35. The molecule has 0 amide bonds. The number of fused-ring (bicyclic) bond motifs is 1. The van der Waals surface area contributed by atoms with Gasteiger partial charge in [-0.2, -0.15) is 5.10 Å². The summed E-state index contributed by atoms with van der Waals surface area (Å²) in [5.41, 5.74) is 3.04. The van der Waals surface area contributed by atoms with E-state index in [2.05, 4.69) is 20.5 Å². The Morgan fingerprint density at radius 3 is 2.62 bits per heavy atom. The van der Waals surface area contributed by atoms with E-state index in [9.17, 15) is 19.7 Å². The number of nitrogens with one attached hydrogen (secondary N) is 2. The zero-order chi connectivity index (χ0) is 27.8. The molecule has 2 unspecified atom stereocenters. The molecule has 12 nitrogen and oxygen atoms in total. The first-order chi connectivity index (χ1) is 19.5. The van der Waals surface area contributed by atoms with Crippen LogP contribution in [0.4, 0.5) is 10.2 Å². The van der Waals surface area contributed by atoms with Crippen LogP contribution in [-0.4, -0.2) is 77.1 Å². The van der Waals surface area contributed by atoms with Crippen LogP contribution in [0.25, 0.3) is 33.8 Å². The molecule has 13 heteroatoms. The van der Waals surface area contributed by atoms with Crippen molar-refractivity contribution < 1.29 is 29.2 Å². The Bertz CT molecular complexity index is 1640. The van der Waals surface area contributed by atoms with Gasteiger partial charge in [0.25, 0.3) is 0 Å². The van der Waals surface area contributed by atoms with E-state index in [0.29, 0.717) is 28.3 Å². The van der Waals surface area contributed by atoms with Crippen molar-refractivity contribution in [1.82, 2.24) is 29.7 Å². The smallest absolute Gasteiger partial charge is 0.184 e. The van der Waals surface area contributed by atoms with Crippen LogP contribution in [0.1, 0.15) is 11.8 Å². The average Bonchev–Trinajstić information content (AvgIpc) is 3.70. The molecule has 6 rings (SSSR count). The lowest BCUT2D eigenvalue weighted by Gasteiger charge is -2.17. The monoisotopic (exact) mass is 547 g/mol. The molecule has 1 fully saturated rings. The summed E-state index contributed by atoms with van der Waals surface area (Å²) >= 11 is 0. The minimum absolute atomic E-state index is 0.116. The first kappa shape index (κ1) is 25.8. The fraction of sp³-hybridized carbons (Fsp3) is 0.259. The van der Waals surface area contributed by atoms with E-state index >= 15 is 0 Å². The van der Waals surface area contributed by atoms with Gasteiger partial charge < -0.3 is 30.1 Å². The van der Waals surface area contributed by atoms with Gasteiger partial charge in [0.15, 0.2) is 29.0 Å². The van der Waals surface area contributed by atoms with E-state index in [4.69, 9.17) is 19.4 Å². The normalized spacial score (nSPS) is 20.7. The topological polar surface area (TPSA) is 163 Å². The second kappa shape index (κ2) is 10.6. The van der Waals surface area contributed by atoms with Crippen molar-refractivity contribution in [3.8, 4) is 28.4 Å². The summed E-state index contributed by atoms with van der Waals surface area (Å²) in [6.45, 7) is -0.361. The molecule has 1 aliphatic rings. The number of hydrogen-bond donors (Lipinski definition) is 5. The van der Waals surface area contributed by atoms with Crippen molar-refractivity contribution in [2.45, 2.75) is 31.1 Å². The molecule has 0 bridgehead atoms. The van der Waals surface area contributed by atoms with E-state index in [0.717, 1.165) is 11.1 Å². The molecular weight excluding hydrogens is 521 g/mol. The number of anilines is 1. The molecule has 1 aliphatic heterocycles. The SMILES string of the molecule is COc1ccc(-c2c[nH]nc2-c2nc(NCc3ccccc3F)c3ncn(C4O[C@H](CO)C(O)[C@H]4O)c3n2)cc1. The van der Waals surface area contributed by atoms with E-state index in [1.807, 2.05) is 24.3 Å². The average molecular weight is 548 g/mol. The molecule has 0 radical (unpaired) electrons. The summed E-state index contributed by atoms with van der Waals surface area (Å²) in [5, 5.41) is 41.0. The highest BCUT2D eigenvalue weighted by atomic mass is 19.1. The molecule has 0 aliphatic carbocycles. The molecular formula is C27H26FN7O5. The quantitative estimate of drug-likeness (QED) is 0.195. The van der Waals surface area contributed by atoms with Crippen LogP contribution in [0.5, 0.6) is 5.75 Å². The van der Waals surface area contributed by atoms with E-state index in [1.165, 1.54) is 17.0 Å². The maximum Gasteiger partial charge on any atom is 0.184 e. The Labute approximate surface area is 227 Å². The summed E-state index contributed by atoms with van der Waals surface area (Å²) in [7, 11) is 1.59. The molecule has 4 heterocycles. The molecule has 5 aromatic rings. The number of benzene rings is 2. The number of ether oxygens (including phenoxy) is 2. The fourth-order valence-electron chi connectivity index (χ4n) is 4.71. The van der Waals surface area contributed by atoms with E-state index < -0.39 is 31.1 Å². The Kier molecular flexibility index (Phi) is 6.86. The molecule has 3 aromatic heterocycles. The second-order valence-electron chi connectivity index (χ2n) is 9.27. The predicted octanol–water partition coefficient (Wildman–Crippen LogP) is 2.25. The van der Waals surface area contributed by atoms with Crippen molar-refractivity contribution in [1.29, 1.82) is 0 Å². The summed E-state index contributed by atoms with van der Waals surface area (Å²) in [4.78, 5) is 13.8. The molecule has 206 valence electrons. The van der Waals surface area contributed by atoms with Gasteiger partial charge in [0.2, 0.25) is 0 Å². The van der Waals surface area contributed by atoms with Gasteiger partial charge in [-0.25, -0.2) is 19.3 Å². The standard InChI is InChI=1S/C27H26FN7O5/c1-39-16-8-6-14(7-9-16)17-11-31-34-20(17)25-32-24(29-10-15-4-2-3-5-18(15)28)21-26(33-25)35(13-30-21)27-23(38)22(37)19(12-36)40-27/h2-9,11,13,19,22-23,27,36-38H,10,12H2,1H3,(H,31,34)(H,29,32,33)/t19-,22?,23-,27?/m1/s1. The van der Waals surface area contributed by atoms with Crippen molar-refractivity contribution in [2.24, 2.45) is 0 Å². The largest absolute Gasteiger partial charge is 0.497 e. The number of aromatic amines is 1. The van der Waals surface area contributed by atoms with Crippen LogP contribution >= 0.6 is 0 Å². The Morgan fingerprint density at radius 1 is 1.10 bits per heavy atom. The summed E-state index contributed by atoms with van der Waals surface area (Å²) < 4.78 is 26.8. The summed E-state index contributed by atoms with van der Waals surface area (Å²) in [6, 6.07) is 13.8. The van der Waals surface area contributed by atoms with Gasteiger partial charge in [-0.3, -0.25) is 9.67 Å². The lowest BCUT2D eigenvalue weighted by Crippen LogP contribution is -2.33. The van der Waals surface area contributed by atoms with E-state index in [1.54, 1.807) is 31.5 Å². The van der Waals surface area contributed by atoms with Crippen LogP contribution < -0.4 is 10.1 Å². The maximum atomic E-state index is 14.4. The van der Waals surface area contributed by atoms with Crippen molar-refractivity contribution in [3.05, 3.63) is 72.4 Å². The lowest BCUT2D eigenvalue weighted by molar-refractivity contribution is -0.0511. The van der Waals surface area contributed by atoms with Crippen molar-refractivity contribution in [3.63, 3.8) is 0 Å². The lowest BCUT2D eigenvalue weighted by atomic mass is 10.1. The number of aliphatic hydroxyl groups is 3. The van der Waals surface area contributed by atoms with Gasteiger partial charge in [-0.15, -0.1) is 0 Å². The molecule has 2 aromatic carbocycles. The van der Waals surface area contributed by atoms with Crippen molar-refractivity contribution >= 4 is 17.0 Å². The summed E-state index contributed by atoms with van der Waals surface area (Å²) in [5.74, 6) is 0.863. The first-order valence-electron chi connectivity index (χ1n) is 12.5. The molecule has 5 N–H and O–H groups in total. The minimum Gasteiger partial charge on any atom is -0.497 e.